The Morgan fingerprint density at radius 2 is 1.95 bits per heavy atom. The van der Waals surface area contributed by atoms with Gasteiger partial charge >= 0.3 is 0 Å². The van der Waals surface area contributed by atoms with Crippen molar-refractivity contribution in [3.8, 4) is 11.1 Å². The lowest BCUT2D eigenvalue weighted by atomic mass is 9.91. The summed E-state index contributed by atoms with van der Waals surface area (Å²) in [6.07, 6.45) is 0.978. The van der Waals surface area contributed by atoms with Gasteiger partial charge in [0.15, 0.2) is 0 Å². The van der Waals surface area contributed by atoms with Gasteiger partial charge in [0.1, 0.15) is 11.6 Å². The zero-order valence-electron chi connectivity index (χ0n) is 11.4. The highest BCUT2D eigenvalue weighted by Crippen LogP contribution is 2.30. The summed E-state index contributed by atoms with van der Waals surface area (Å²) in [4.78, 5) is 0. The molecule has 1 atom stereocenters. The van der Waals surface area contributed by atoms with Crippen LogP contribution in [0.2, 0.25) is 0 Å². The van der Waals surface area contributed by atoms with E-state index in [0.717, 1.165) is 31.1 Å². The predicted octanol–water partition coefficient (Wildman–Crippen LogP) is 3.88. The molecule has 0 saturated heterocycles. The third kappa shape index (κ3) is 2.46. The van der Waals surface area contributed by atoms with Crippen molar-refractivity contribution in [3.05, 3.63) is 59.2 Å². The molecule has 1 nitrogen and oxygen atoms in total. The van der Waals surface area contributed by atoms with Crippen LogP contribution in [0, 0.1) is 11.6 Å². The fourth-order valence-electron chi connectivity index (χ4n) is 2.82. The molecule has 1 aliphatic heterocycles. The summed E-state index contributed by atoms with van der Waals surface area (Å²) in [6, 6.07) is 9.52. The SMILES string of the molecule is CC1CNCCc2ccc(-c3cc(F)ccc3F)cc21. The van der Waals surface area contributed by atoms with Crippen molar-refractivity contribution in [2.75, 3.05) is 13.1 Å². The standard InChI is InChI=1S/C17H17F2N/c1-11-10-20-7-6-12-2-3-13(8-15(11)12)16-9-14(18)4-5-17(16)19/h2-5,8-9,11,20H,6-7,10H2,1H3. The van der Waals surface area contributed by atoms with E-state index in [9.17, 15) is 8.78 Å². The third-order valence-corrected chi connectivity index (χ3v) is 3.94. The lowest BCUT2D eigenvalue weighted by Gasteiger charge is -2.14. The van der Waals surface area contributed by atoms with Crippen LogP contribution in [-0.2, 0) is 6.42 Å². The molecule has 2 aromatic rings. The first kappa shape index (κ1) is 13.3. The Morgan fingerprint density at radius 3 is 2.80 bits per heavy atom. The van der Waals surface area contributed by atoms with E-state index in [1.807, 2.05) is 18.2 Å². The van der Waals surface area contributed by atoms with Crippen molar-refractivity contribution in [3.63, 3.8) is 0 Å². The molecule has 1 aliphatic rings. The first-order chi connectivity index (χ1) is 9.65. The van der Waals surface area contributed by atoms with Crippen LogP contribution in [0.5, 0.6) is 0 Å². The molecule has 1 heterocycles. The molecule has 0 spiro atoms. The Hall–Kier alpha value is -1.74. The minimum Gasteiger partial charge on any atom is -0.316 e. The normalized spacial score (nSPS) is 18.4. The summed E-state index contributed by atoms with van der Waals surface area (Å²) in [7, 11) is 0. The highest BCUT2D eigenvalue weighted by Gasteiger charge is 2.16. The number of fused-ring (bicyclic) bond motifs is 1. The zero-order valence-corrected chi connectivity index (χ0v) is 11.4. The largest absolute Gasteiger partial charge is 0.316 e. The van der Waals surface area contributed by atoms with Gasteiger partial charge in [0.2, 0.25) is 0 Å². The zero-order chi connectivity index (χ0) is 14.1. The molecule has 104 valence electrons. The summed E-state index contributed by atoms with van der Waals surface area (Å²) in [5.74, 6) is -0.416. The van der Waals surface area contributed by atoms with E-state index in [2.05, 4.69) is 12.2 Å². The van der Waals surface area contributed by atoms with Crippen LogP contribution in [-0.4, -0.2) is 13.1 Å². The Morgan fingerprint density at radius 1 is 1.10 bits per heavy atom. The van der Waals surface area contributed by atoms with Crippen molar-refractivity contribution < 1.29 is 8.78 Å². The summed E-state index contributed by atoms with van der Waals surface area (Å²) in [5.41, 5.74) is 3.60. The number of hydrogen-bond donors (Lipinski definition) is 1. The van der Waals surface area contributed by atoms with Gasteiger partial charge in [-0.25, -0.2) is 8.78 Å². The summed E-state index contributed by atoms with van der Waals surface area (Å²) in [6.45, 7) is 4.04. The van der Waals surface area contributed by atoms with Gasteiger partial charge in [-0.3, -0.25) is 0 Å². The molecular formula is C17H17F2N. The van der Waals surface area contributed by atoms with Gasteiger partial charge in [0.05, 0.1) is 0 Å². The van der Waals surface area contributed by atoms with Crippen molar-refractivity contribution in [1.82, 2.24) is 5.32 Å². The molecule has 2 aromatic carbocycles. The first-order valence-electron chi connectivity index (χ1n) is 6.94. The highest BCUT2D eigenvalue weighted by atomic mass is 19.1. The number of hydrogen-bond acceptors (Lipinski definition) is 1. The minimum absolute atomic E-state index is 0.331. The van der Waals surface area contributed by atoms with E-state index >= 15 is 0 Å². The van der Waals surface area contributed by atoms with Crippen molar-refractivity contribution in [1.29, 1.82) is 0 Å². The molecule has 0 aromatic heterocycles. The lowest BCUT2D eigenvalue weighted by Crippen LogP contribution is -2.18. The molecule has 3 heteroatoms. The van der Waals surface area contributed by atoms with Crippen LogP contribution in [0.25, 0.3) is 11.1 Å². The molecule has 0 fully saturated rings. The van der Waals surface area contributed by atoms with Gasteiger partial charge in [0.25, 0.3) is 0 Å². The van der Waals surface area contributed by atoms with E-state index in [1.54, 1.807) is 0 Å². The van der Waals surface area contributed by atoms with Crippen LogP contribution in [0.15, 0.2) is 36.4 Å². The van der Waals surface area contributed by atoms with Crippen LogP contribution < -0.4 is 5.32 Å². The molecule has 0 radical (unpaired) electrons. The predicted molar refractivity (Wildman–Crippen MR) is 76.8 cm³/mol. The molecular weight excluding hydrogens is 256 g/mol. The van der Waals surface area contributed by atoms with Gasteiger partial charge in [-0.15, -0.1) is 0 Å². The van der Waals surface area contributed by atoms with Crippen LogP contribution >= 0.6 is 0 Å². The van der Waals surface area contributed by atoms with Crippen molar-refractivity contribution in [2.45, 2.75) is 19.3 Å². The Balaban J connectivity index is 2.09. The van der Waals surface area contributed by atoms with Crippen LogP contribution in [0.3, 0.4) is 0 Å². The fourth-order valence-corrected chi connectivity index (χ4v) is 2.82. The molecule has 0 aliphatic carbocycles. The summed E-state index contributed by atoms with van der Waals surface area (Å²) < 4.78 is 27.2. The number of nitrogens with one attached hydrogen (secondary N) is 1. The second-order valence-electron chi connectivity index (χ2n) is 5.39. The van der Waals surface area contributed by atoms with Gasteiger partial charge in [-0.1, -0.05) is 25.1 Å². The van der Waals surface area contributed by atoms with E-state index in [4.69, 9.17) is 0 Å². The maximum absolute atomic E-state index is 13.9. The second kappa shape index (κ2) is 5.33. The molecule has 20 heavy (non-hydrogen) atoms. The van der Waals surface area contributed by atoms with Crippen LogP contribution in [0.1, 0.15) is 24.0 Å². The maximum Gasteiger partial charge on any atom is 0.131 e. The Kier molecular flexibility index (Phi) is 3.53. The van der Waals surface area contributed by atoms with Crippen LogP contribution in [0.4, 0.5) is 8.78 Å². The van der Waals surface area contributed by atoms with Crippen molar-refractivity contribution >= 4 is 0 Å². The summed E-state index contributed by atoms with van der Waals surface area (Å²) in [5, 5.41) is 3.39. The molecule has 0 amide bonds. The van der Waals surface area contributed by atoms with E-state index in [0.29, 0.717) is 11.5 Å². The lowest BCUT2D eigenvalue weighted by molar-refractivity contribution is 0.603. The second-order valence-corrected chi connectivity index (χ2v) is 5.39. The Labute approximate surface area is 117 Å². The van der Waals surface area contributed by atoms with E-state index in [1.165, 1.54) is 23.3 Å². The number of halogens is 2. The summed E-state index contributed by atoms with van der Waals surface area (Å²) >= 11 is 0. The van der Waals surface area contributed by atoms with E-state index < -0.39 is 5.82 Å². The van der Waals surface area contributed by atoms with Gasteiger partial charge < -0.3 is 5.32 Å². The third-order valence-electron chi connectivity index (χ3n) is 3.94. The number of benzene rings is 2. The molecule has 0 saturated carbocycles. The molecule has 1 N–H and O–H groups in total. The first-order valence-corrected chi connectivity index (χ1v) is 6.94. The molecule has 1 unspecified atom stereocenters. The van der Waals surface area contributed by atoms with E-state index in [-0.39, 0.29) is 5.82 Å². The average molecular weight is 273 g/mol. The molecule has 0 bridgehead atoms. The Bertz CT molecular complexity index is 637. The number of rotatable bonds is 1. The monoisotopic (exact) mass is 273 g/mol. The van der Waals surface area contributed by atoms with Gasteiger partial charge in [0, 0.05) is 12.1 Å². The average Bonchev–Trinajstić information content (AvgIpc) is 2.63. The minimum atomic E-state index is -0.411. The fraction of sp³-hybridized carbons (Fsp3) is 0.294. The van der Waals surface area contributed by atoms with Gasteiger partial charge in [-0.05, 0) is 53.8 Å². The molecule has 3 rings (SSSR count). The smallest absolute Gasteiger partial charge is 0.131 e. The van der Waals surface area contributed by atoms with Crippen molar-refractivity contribution in [2.24, 2.45) is 0 Å². The van der Waals surface area contributed by atoms with Gasteiger partial charge in [-0.2, -0.15) is 0 Å². The highest BCUT2D eigenvalue weighted by molar-refractivity contribution is 5.66. The quantitative estimate of drug-likeness (QED) is 0.831. The maximum atomic E-state index is 13.9. The topological polar surface area (TPSA) is 12.0 Å².